The van der Waals surface area contributed by atoms with Crippen LogP contribution in [0, 0.1) is 0 Å². The summed E-state index contributed by atoms with van der Waals surface area (Å²) in [7, 11) is 3.37. The second-order valence-electron chi connectivity index (χ2n) is 3.76. The number of aromatic carboxylic acids is 1. The first-order chi connectivity index (χ1) is 8.13. The third kappa shape index (κ3) is 2.01. The van der Waals surface area contributed by atoms with Crippen LogP contribution in [-0.4, -0.2) is 22.8 Å². The highest BCUT2D eigenvalue weighted by molar-refractivity contribution is 5.96. The molecular weight excluding hydrogens is 218 g/mol. The van der Waals surface area contributed by atoms with E-state index in [1.165, 1.54) is 0 Å². The van der Waals surface area contributed by atoms with Gasteiger partial charge in [-0.1, -0.05) is 18.2 Å². The molecule has 0 radical (unpaired) electrons. The van der Waals surface area contributed by atoms with Crippen LogP contribution in [0.25, 0.3) is 11.1 Å². The van der Waals surface area contributed by atoms with Crippen molar-refractivity contribution in [3.63, 3.8) is 0 Å². The van der Waals surface area contributed by atoms with Crippen LogP contribution in [0.1, 0.15) is 10.4 Å². The zero-order chi connectivity index (χ0) is 12.4. The number of aromatic nitrogens is 1. The first kappa shape index (κ1) is 11.3. The number of hydrogen-bond acceptors (Lipinski definition) is 2. The van der Waals surface area contributed by atoms with Crippen molar-refractivity contribution in [1.29, 1.82) is 0 Å². The number of ether oxygens (including phenoxy) is 1. The SMILES string of the molecule is COc1ccccc1-c1cn(C)cc1C(=O)O. The fourth-order valence-corrected chi connectivity index (χ4v) is 1.84. The zero-order valence-electron chi connectivity index (χ0n) is 9.68. The molecule has 0 aliphatic heterocycles. The molecule has 0 fully saturated rings. The monoisotopic (exact) mass is 231 g/mol. The van der Waals surface area contributed by atoms with Gasteiger partial charge in [-0.15, -0.1) is 0 Å². The fourth-order valence-electron chi connectivity index (χ4n) is 1.84. The summed E-state index contributed by atoms with van der Waals surface area (Å²) in [4.78, 5) is 11.2. The molecule has 4 nitrogen and oxygen atoms in total. The number of nitrogens with zero attached hydrogens (tertiary/aromatic N) is 1. The summed E-state index contributed by atoms with van der Waals surface area (Å²) < 4.78 is 6.97. The second-order valence-corrected chi connectivity index (χ2v) is 3.76. The maximum atomic E-state index is 11.2. The van der Waals surface area contributed by atoms with Gasteiger partial charge in [0.25, 0.3) is 0 Å². The maximum absolute atomic E-state index is 11.2. The van der Waals surface area contributed by atoms with Crippen molar-refractivity contribution in [2.45, 2.75) is 0 Å². The van der Waals surface area contributed by atoms with Gasteiger partial charge in [-0.05, 0) is 6.07 Å². The van der Waals surface area contributed by atoms with E-state index in [2.05, 4.69) is 0 Å². The molecule has 2 aromatic rings. The summed E-state index contributed by atoms with van der Waals surface area (Å²) in [6, 6.07) is 7.37. The molecule has 0 spiro atoms. The van der Waals surface area contributed by atoms with Gasteiger partial charge in [-0.3, -0.25) is 0 Å². The molecule has 4 heteroatoms. The van der Waals surface area contributed by atoms with E-state index >= 15 is 0 Å². The number of carboxylic acids is 1. The molecule has 2 rings (SSSR count). The highest BCUT2D eigenvalue weighted by Crippen LogP contribution is 2.32. The van der Waals surface area contributed by atoms with E-state index in [-0.39, 0.29) is 5.56 Å². The van der Waals surface area contributed by atoms with Crippen LogP contribution in [0.15, 0.2) is 36.7 Å². The Balaban J connectivity index is 2.63. The second kappa shape index (κ2) is 4.33. The minimum atomic E-state index is -0.938. The summed E-state index contributed by atoms with van der Waals surface area (Å²) >= 11 is 0. The first-order valence-corrected chi connectivity index (χ1v) is 5.16. The Labute approximate surface area is 99.1 Å². The molecule has 1 aromatic heterocycles. The molecule has 0 atom stereocenters. The predicted octanol–water partition coefficient (Wildman–Crippen LogP) is 2.40. The van der Waals surface area contributed by atoms with E-state index < -0.39 is 5.97 Å². The number of methoxy groups -OCH3 is 1. The number of aryl methyl sites for hydroxylation is 1. The van der Waals surface area contributed by atoms with Crippen LogP contribution in [0.2, 0.25) is 0 Å². The average molecular weight is 231 g/mol. The van der Waals surface area contributed by atoms with Crippen molar-refractivity contribution < 1.29 is 14.6 Å². The van der Waals surface area contributed by atoms with E-state index in [1.807, 2.05) is 24.3 Å². The molecule has 0 aliphatic carbocycles. The molecule has 1 N–H and O–H groups in total. The molecule has 0 bridgehead atoms. The van der Waals surface area contributed by atoms with Crippen molar-refractivity contribution in [1.82, 2.24) is 4.57 Å². The van der Waals surface area contributed by atoms with Crippen LogP contribution < -0.4 is 4.74 Å². The van der Waals surface area contributed by atoms with Crippen molar-refractivity contribution in [2.24, 2.45) is 7.05 Å². The Kier molecular flexibility index (Phi) is 2.87. The normalized spacial score (nSPS) is 10.2. The smallest absolute Gasteiger partial charge is 0.337 e. The first-order valence-electron chi connectivity index (χ1n) is 5.16. The minimum Gasteiger partial charge on any atom is -0.496 e. The molecule has 1 aromatic carbocycles. The lowest BCUT2D eigenvalue weighted by atomic mass is 10.0. The number of hydrogen-bond donors (Lipinski definition) is 1. The molecule has 0 unspecified atom stereocenters. The third-order valence-corrected chi connectivity index (χ3v) is 2.58. The number of benzene rings is 1. The Morgan fingerprint density at radius 2 is 1.94 bits per heavy atom. The molecule has 0 aliphatic rings. The minimum absolute atomic E-state index is 0.275. The van der Waals surface area contributed by atoms with Crippen molar-refractivity contribution >= 4 is 5.97 Å². The lowest BCUT2D eigenvalue weighted by molar-refractivity contribution is 0.0697. The van der Waals surface area contributed by atoms with E-state index in [1.54, 1.807) is 31.1 Å². The van der Waals surface area contributed by atoms with Crippen molar-refractivity contribution in [3.8, 4) is 16.9 Å². The molecule has 1 heterocycles. The van der Waals surface area contributed by atoms with Gasteiger partial charge in [0.1, 0.15) is 5.75 Å². The van der Waals surface area contributed by atoms with Crippen LogP contribution in [-0.2, 0) is 7.05 Å². The fraction of sp³-hybridized carbons (Fsp3) is 0.154. The number of carbonyl (C=O) groups is 1. The Morgan fingerprint density at radius 1 is 1.24 bits per heavy atom. The maximum Gasteiger partial charge on any atom is 0.337 e. The summed E-state index contributed by atoms with van der Waals surface area (Å²) in [6.07, 6.45) is 3.37. The van der Waals surface area contributed by atoms with Gasteiger partial charge in [0.05, 0.1) is 12.7 Å². The van der Waals surface area contributed by atoms with Crippen LogP contribution in [0.3, 0.4) is 0 Å². The Bertz CT molecular complexity index is 558. The predicted molar refractivity (Wildman–Crippen MR) is 64.4 cm³/mol. The standard InChI is InChI=1S/C13H13NO3/c1-14-7-10(11(8-14)13(15)16)9-5-3-4-6-12(9)17-2/h3-8H,1-2H3,(H,15,16). The lowest BCUT2D eigenvalue weighted by Gasteiger charge is -2.07. The average Bonchev–Trinajstić information content (AvgIpc) is 2.71. The molecule has 0 amide bonds. The molecule has 0 saturated heterocycles. The van der Waals surface area contributed by atoms with E-state index in [4.69, 9.17) is 9.84 Å². The quantitative estimate of drug-likeness (QED) is 0.882. The van der Waals surface area contributed by atoms with Crippen molar-refractivity contribution in [2.75, 3.05) is 7.11 Å². The van der Waals surface area contributed by atoms with E-state index in [9.17, 15) is 4.79 Å². The number of carboxylic acid groups (broad SMARTS) is 1. The van der Waals surface area contributed by atoms with Gasteiger partial charge in [-0.2, -0.15) is 0 Å². The van der Waals surface area contributed by atoms with Gasteiger partial charge in [0.2, 0.25) is 0 Å². The summed E-state index contributed by atoms with van der Waals surface area (Å²) in [6.45, 7) is 0. The summed E-state index contributed by atoms with van der Waals surface area (Å²) in [5, 5.41) is 9.15. The molecular formula is C13H13NO3. The van der Waals surface area contributed by atoms with Crippen LogP contribution in [0.4, 0.5) is 0 Å². The van der Waals surface area contributed by atoms with Crippen LogP contribution >= 0.6 is 0 Å². The van der Waals surface area contributed by atoms with Gasteiger partial charge < -0.3 is 14.4 Å². The lowest BCUT2D eigenvalue weighted by Crippen LogP contribution is -1.97. The zero-order valence-corrected chi connectivity index (χ0v) is 9.68. The van der Waals surface area contributed by atoms with Gasteiger partial charge >= 0.3 is 5.97 Å². The highest BCUT2D eigenvalue weighted by atomic mass is 16.5. The largest absolute Gasteiger partial charge is 0.496 e. The molecule has 88 valence electrons. The van der Waals surface area contributed by atoms with E-state index in [0.29, 0.717) is 11.3 Å². The van der Waals surface area contributed by atoms with Gasteiger partial charge in [-0.25, -0.2) is 4.79 Å². The Morgan fingerprint density at radius 3 is 2.59 bits per heavy atom. The number of rotatable bonds is 3. The van der Waals surface area contributed by atoms with Gasteiger partial charge in [0.15, 0.2) is 0 Å². The number of para-hydroxylation sites is 1. The summed E-state index contributed by atoms with van der Waals surface area (Å²) in [5.74, 6) is -0.271. The topological polar surface area (TPSA) is 51.5 Å². The Hall–Kier alpha value is -2.23. The van der Waals surface area contributed by atoms with Crippen molar-refractivity contribution in [3.05, 3.63) is 42.2 Å². The third-order valence-electron chi connectivity index (χ3n) is 2.58. The van der Waals surface area contributed by atoms with Crippen LogP contribution in [0.5, 0.6) is 5.75 Å². The van der Waals surface area contributed by atoms with Gasteiger partial charge in [0, 0.05) is 30.6 Å². The van der Waals surface area contributed by atoms with E-state index in [0.717, 1.165) is 5.56 Å². The summed E-state index contributed by atoms with van der Waals surface area (Å²) in [5.41, 5.74) is 1.72. The highest BCUT2D eigenvalue weighted by Gasteiger charge is 2.16. The molecule has 17 heavy (non-hydrogen) atoms. The molecule has 0 saturated carbocycles.